The van der Waals surface area contributed by atoms with Crippen molar-refractivity contribution in [3.05, 3.63) is 0 Å². The van der Waals surface area contributed by atoms with Gasteiger partial charge in [-0.25, -0.2) is 0 Å². The van der Waals surface area contributed by atoms with Gasteiger partial charge in [0.15, 0.2) is 0 Å². The van der Waals surface area contributed by atoms with E-state index in [0.29, 0.717) is 0 Å². The lowest BCUT2D eigenvalue weighted by molar-refractivity contribution is -0.143. The summed E-state index contributed by atoms with van der Waals surface area (Å²) < 4.78 is 36.0. The molecule has 92 valence electrons. The van der Waals surface area contributed by atoms with E-state index in [1.54, 1.807) is 0 Å². The quantitative estimate of drug-likeness (QED) is 0.707. The number of hydrogen-bond donors (Lipinski definition) is 2. The standard InChI is InChI=1S/C9H19F3N2O/c1-7(2)13-8(5-15)4-14(3)6-9(10,11)12/h7-8,13,15H,4-6H2,1-3H3. The first-order valence-electron chi connectivity index (χ1n) is 4.86. The average molecular weight is 228 g/mol. The zero-order chi connectivity index (χ0) is 12.1. The van der Waals surface area contributed by atoms with Crippen LogP contribution in [0.5, 0.6) is 0 Å². The maximum atomic E-state index is 12.0. The van der Waals surface area contributed by atoms with Crippen LogP contribution in [0.15, 0.2) is 0 Å². The predicted octanol–water partition coefficient (Wildman–Crippen LogP) is 0.839. The smallest absolute Gasteiger partial charge is 0.395 e. The number of halogens is 3. The summed E-state index contributed by atoms with van der Waals surface area (Å²) in [7, 11) is 1.39. The molecule has 0 aliphatic rings. The Morgan fingerprint density at radius 2 is 1.87 bits per heavy atom. The van der Waals surface area contributed by atoms with Crippen LogP contribution < -0.4 is 5.32 Å². The van der Waals surface area contributed by atoms with Crippen molar-refractivity contribution < 1.29 is 18.3 Å². The molecule has 0 amide bonds. The minimum atomic E-state index is -4.19. The second-order valence-electron chi connectivity index (χ2n) is 4.01. The van der Waals surface area contributed by atoms with Crippen LogP contribution in [0.1, 0.15) is 13.8 Å². The van der Waals surface area contributed by atoms with Gasteiger partial charge >= 0.3 is 6.18 Å². The summed E-state index contributed by atoms with van der Waals surface area (Å²) >= 11 is 0. The molecule has 6 heteroatoms. The summed E-state index contributed by atoms with van der Waals surface area (Å²) in [5, 5.41) is 11.9. The Labute approximate surface area is 88.3 Å². The highest BCUT2D eigenvalue weighted by molar-refractivity contribution is 4.72. The van der Waals surface area contributed by atoms with Gasteiger partial charge in [0.2, 0.25) is 0 Å². The van der Waals surface area contributed by atoms with Gasteiger partial charge in [-0.1, -0.05) is 13.8 Å². The summed E-state index contributed by atoms with van der Waals surface area (Å²) in [4.78, 5) is 1.15. The zero-order valence-corrected chi connectivity index (χ0v) is 9.30. The Bertz CT molecular complexity index is 173. The van der Waals surface area contributed by atoms with Gasteiger partial charge in [-0.3, -0.25) is 4.90 Å². The molecular formula is C9H19F3N2O. The topological polar surface area (TPSA) is 35.5 Å². The largest absolute Gasteiger partial charge is 0.401 e. The molecule has 0 radical (unpaired) electrons. The lowest BCUT2D eigenvalue weighted by Gasteiger charge is -2.25. The molecule has 0 aliphatic carbocycles. The van der Waals surface area contributed by atoms with Crippen LogP contribution in [-0.4, -0.2) is 55.0 Å². The average Bonchev–Trinajstić information content (AvgIpc) is 1.98. The minimum Gasteiger partial charge on any atom is -0.395 e. The van der Waals surface area contributed by atoms with Crippen LogP contribution in [0.4, 0.5) is 13.2 Å². The number of likely N-dealkylation sites (N-methyl/N-ethyl adjacent to an activating group) is 1. The SMILES string of the molecule is CC(C)NC(CO)CN(C)CC(F)(F)F. The fourth-order valence-electron chi connectivity index (χ4n) is 1.38. The first kappa shape index (κ1) is 14.7. The Balaban J connectivity index is 3.96. The van der Waals surface area contributed by atoms with E-state index < -0.39 is 12.7 Å². The number of nitrogens with one attached hydrogen (secondary N) is 1. The van der Waals surface area contributed by atoms with Crippen molar-refractivity contribution in [3.8, 4) is 0 Å². The summed E-state index contributed by atoms with van der Waals surface area (Å²) in [6.07, 6.45) is -4.19. The third-order valence-electron chi connectivity index (χ3n) is 1.77. The Kier molecular flexibility index (Phi) is 6.16. The van der Waals surface area contributed by atoms with Crippen molar-refractivity contribution in [3.63, 3.8) is 0 Å². The molecule has 0 aromatic rings. The Morgan fingerprint density at radius 1 is 1.33 bits per heavy atom. The summed E-state index contributed by atoms with van der Waals surface area (Å²) in [6.45, 7) is 2.82. The highest BCUT2D eigenvalue weighted by atomic mass is 19.4. The van der Waals surface area contributed by atoms with E-state index in [0.717, 1.165) is 4.90 Å². The molecule has 0 aliphatic heterocycles. The Hall–Kier alpha value is -0.330. The fraction of sp³-hybridized carbons (Fsp3) is 1.00. The summed E-state index contributed by atoms with van der Waals surface area (Å²) in [5.74, 6) is 0. The van der Waals surface area contributed by atoms with Crippen LogP contribution in [0, 0.1) is 0 Å². The first-order chi connectivity index (χ1) is 6.74. The molecule has 15 heavy (non-hydrogen) atoms. The molecule has 0 heterocycles. The number of alkyl halides is 3. The van der Waals surface area contributed by atoms with E-state index in [1.807, 2.05) is 13.8 Å². The molecule has 0 saturated carbocycles. The van der Waals surface area contributed by atoms with Gasteiger partial charge in [0, 0.05) is 18.6 Å². The van der Waals surface area contributed by atoms with Crippen molar-refractivity contribution in [2.75, 3.05) is 26.7 Å². The van der Waals surface area contributed by atoms with Crippen LogP contribution in [0.25, 0.3) is 0 Å². The second-order valence-corrected chi connectivity index (χ2v) is 4.01. The third-order valence-corrected chi connectivity index (χ3v) is 1.77. The molecule has 0 aromatic carbocycles. The molecule has 1 unspecified atom stereocenters. The van der Waals surface area contributed by atoms with E-state index in [1.165, 1.54) is 7.05 Å². The number of aliphatic hydroxyl groups is 1. The fourth-order valence-corrected chi connectivity index (χ4v) is 1.38. The maximum Gasteiger partial charge on any atom is 0.401 e. The molecule has 3 nitrogen and oxygen atoms in total. The number of rotatable bonds is 6. The molecule has 0 rings (SSSR count). The van der Waals surface area contributed by atoms with E-state index in [4.69, 9.17) is 5.11 Å². The van der Waals surface area contributed by atoms with E-state index in [9.17, 15) is 13.2 Å². The van der Waals surface area contributed by atoms with Crippen molar-refractivity contribution >= 4 is 0 Å². The monoisotopic (exact) mass is 228 g/mol. The van der Waals surface area contributed by atoms with E-state index in [2.05, 4.69) is 5.32 Å². The van der Waals surface area contributed by atoms with Gasteiger partial charge in [-0.05, 0) is 7.05 Å². The van der Waals surface area contributed by atoms with Crippen molar-refractivity contribution in [1.29, 1.82) is 0 Å². The second kappa shape index (κ2) is 6.30. The van der Waals surface area contributed by atoms with Gasteiger partial charge in [-0.2, -0.15) is 13.2 Å². The van der Waals surface area contributed by atoms with E-state index in [-0.39, 0.29) is 25.2 Å². The third kappa shape index (κ3) is 8.65. The van der Waals surface area contributed by atoms with Crippen molar-refractivity contribution in [1.82, 2.24) is 10.2 Å². The highest BCUT2D eigenvalue weighted by Crippen LogP contribution is 2.15. The van der Waals surface area contributed by atoms with Crippen LogP contribution >= 0.6 is 0 Å². The van der Waals surface area contributed by atoms with Crippen LogP contribution in [-0.2, 0) is 0 Å². The predicted molar refractivity (Wildman–Crippen MR) is 52.7 cm³/mol. The molecule has 0 saturated heterocycles. The zero-order valence-electron chi connectivity index (χ0n) is 9.30. The van der Waals surface area contributed by atoms with Crippen LogP contribution in [0.2, 0.25) is 0 Å². The van der Waals surface area contributed by atoms with Gasteiger partial charge in [0.25, 0.3) is 0 Å². The summed E-state index contributed by atoms with van der Waals surface area (Å²) in [6, 6.07) is -0.182. The van der Waals surface area contributed by atoms with E-state index >= 15 is 0 Å². The van der Waals surface area contributed by atoms with Crippen LogP contribution in [0.3, 0.4) is 0 Å². The molecule has 0 aromatic heterocycles. The number of hydrogen-bond acceptors (Lipinski definition) is 3. The maximum absolute atomic E-state index is 12.0. The van der Waals surface area contributed by atoms with Gasteiger partial charge in [-0.15, -0.1) is 0 Å². The molecule has 0 spiro atoms. The minimum absolute atomic E-state index is 0.140. The normalized spacial score (nSPS) is 15.0. The Morgan fingerprint density at radius 3 is 2.20 bits per heavy atom. The van der Waals surface area contributed by atoms with Gasteiger partial charge < -0.3 is 10.4 Å². The highest BCUT2D eigenvalue weighted by Gasteiger charge is 2.29. The van der Waals surface area contributed by atoms with Crippen molar-refractivity contribution in [2.24, 2.45) is 0 Å². The number of aliphatic hydroxyl groups excluding tert-OH is 1. The van der Waals surface area contributed by atoms with Crippen molar-refractivity contribution in [2.45, 2.75) is 32.1 Å². The molecule has 0 bridgehead atoms. The molecule has 0 fully saturated rings. The first-order valence-corrected chi connectivity index (χ1v) is 4.86. The van der Waals surface area contributed by atoms with Gasteiger partial charge in [0.1, 0.15) is 0 Å². The summed E-state index contributed by atoms with van der Waals surface area (Å²) in [5.41, 5.74) is 0. The molecular weight excluding hydrogens is 209 g/mol. The lowest BCUT2D eigenvalue weighted by atomic mass is 10.2. The lowest BCUT2D eigenvalue weighted by Crippen LogP contribution is -2.46. The van der Waals surface area contributed by atoms with Gasteiger partial charge in [0.05, 0.1) is 13.2 Å². The molecule has 2 N–H and O–H groups in total. The molecule has 1 atom stereocenters. The number of nitrogens with zero attached hydrogens (tertiary/aromatic N) is 1.